The molecule has 7 nitrogen and oxygen atoms in total. The summed E-state index contributed by atoms with van der Waals surface area (Å²) in [6.07, 6.45) is 1.60. The van der Waals surface area contributed by atoms with Gasteiger partial charge in [-0.15, -0.1) is 11.3 Å². The fourth-order valence-corrected chi connectivity index (χ4v) is 2.49. The molecule has 3 N–H and O–H groups in total. The molecule has 2 aromatic heterocycles. The van der Waals surface area contributed by atoms with Gasteiger partial charge >= 0.3 is 0 Å². The first kappa shape index (κ1) is 14.1. The van der Waals surface area contributed by atoms with Crippen LogP contribution in [0, 0.1) is 0 Å². The van der Waals surface area contributed by atoms with E-state index < -0.39 is 0 Å². The third-order valence-corrected chi connectivity index (χ3v) is 3.53. The number of aromatic nitrogens is 2. The van der Waals surface area contributed by atoms with Gasteiger partial charge in [0.25, 0.3) is 0 Å². The molecule has 0 saturated carbocycles. The number of nitrogens with zero attached hydrogens (tertiary/aromatic N) is 3. The minimum absolute atomic E-state index is 0.00686. The van der Waals surface area contributed by atoms with Gasteiger partial charge in [-0.05, 0) is 6.92 Å². The number of methoxy groups -OCH3 is 1. The van der Waals surface area contributed by atoms with Gasteiger partial charge in [0, 0.05) is 18.3 Å². The van der Waals surface area contributed by atoms with E-state index in [1.165, 1.54) is 18.4 Å². The fourth-order valence-electron chi connectivity index (χ4n) is 1.55. The summed E-state index contributed by atoms with van der Waals surface area (Å²) in [5, 5.41) is 11.8. The van der Waals surface area contributed by atoms with Crippen molar-refractivity contribution in [2.75, 3.05) is 13.7 Å². The van der Waals surface area contributed by atoms with Gasteiger partial charge in [0.1, 0.15) is 10.6 Å². The zero-order valence-corrected chi connectivity index (χ0v) is 11.8. The maximum atomic E-state index is 8.81. The van der Waals surface area contributed by atoms with E-state index in [4.69, 9.17) is 20.4 Å². The van der Waals surface area contributed by atoms with Gasteiger partial charge < -0.3 is 20.4 Å². The maximum absolute atomic E-state index is 8.81. The molecule has 0 amide bonds. The number of rotatable bonds is 5. The van der Waals surface area contributed by atoms with Crippen LogP contribution in [0.4, 0.5) is 0 Å². The molecule has 0 aliphatic heterocycles. The van der Waals surface area contributed by atoms with E-state index in [0.29, 0.717) is 28.9 Å². The second-order valence-corrected chi connectivity index (χ2v) is 4.70. The fraction of sp³-hybridized carbons (Fsp3) is 0.250. The van der Waals surface area contributed by atoms with Crippen LogP contribution in [0.15, 0.2) is 23.5 Å². The highest BCUT2D eigenvalue weighted by atomic mass is 32.1. The Labute approximate surface area is 119 Å². The predicted molar refractivity (Wildman–Crippen MR) is 75.6 cm³/mol. The first-order valence-electron chi connectivity index (χ1n) is 5.81. The van der Waals surface area contributed by atoms with Crippen LogP contribution in [-0.4, -0.2) is 34.7 Å². The topological polar surface area (TPSA) is 103 Å². The van der Waals surface area contributed by atoms with Crippen LogP contribution in [0.2, 0.25) is 0 Å². The smallest absolute Gasteiger partial charge is 0.216 e. The normalized spacial score (nSPS) is 11.4. The quantitative estimate of drug-likeness (QED) is 0.376. The highest BCUT2D eigenvalue weighted by Gasteiger charge is 2.17. The first-order valence-corrected chi connectivity index (χ1v) is 6.63. The van der Waals surface area contributed by atoms with E-state index in [-0.39, 0.29) is 5.84 Å². The van der Waals surface area contributed by atoms with Gasteiger partial charge in [-0.25, -0.2) is 4.98 Å². The van der Waals surface area contributed by atoms with Crippen LogP contribution >= 0.6 is 11.3 Å². The lowest BCUT2D eigenvalue weighted by atomic mass is 10.3. The van der Waals surface area contributed by atoms with E-state index >= 15 is 0 Å². The van der Waals surface area contributed by atoms with Crippen molar-refractivity contribution in [2.45, 2.75) is 6.92 Å². The van der Waals surface area contributed by atoms with Crippen LogP contribution in [0.3, 0.4) is 0 Å². The second kappa shape index (κ2) is 6.20. The minimum Gasteiger partial charge on any atom is -0.492 e. The molecule has 0 unspecified atom stereocenters. The molecule has 20 heavy (non-hydrogen) atoms. The van der Waals surface area contributed by atoms with Gasteiger partial charge in [-0.3, -0.25) is 0 Å². The Bertz CT molecular complexity index is 627. The Morgan fingerprint density at radius 1 is 1.55 bits per heavy atom. The van der Waals surface area contributed by atoms with Crippen molar-refractivity contribution in [3.05, 3.63) is 23.2 Å². The molecule has 0 radical (unpaired) electrons. The summed E-state index contributed by atoms with van der Waals surface area (Å²) >= 11 is 1.28. The lowest BCUT2D eigenvalue weighted by Gasteiger charge is -2.01. The molecule has 2 aromatic rings. The van der Waals surface area contributed by atoms with Gasteiger partial charge in [0.05, 0.1) is 18.6 Å². The summed E-state index contributed by atoms with van der Waals surface area (Å²) in [6.45, 7) is 2.33. The molecule has 0 saturated heterocycles. The van der Waals surface area contributed by atoms with Crippen molar-refractivity contribution in [1.82, 2.24) is 9.97 Å². The first-order chi connectivity index (χ1) is 9.69. The SMILES string of the molecule is CCOc1cc(-c2nccc(OC)n2)sc1C(N)=NO. The number of amidine groups is 1. The van der Waals surface area contributed by atoms with Gasteiger partial charge in [0.2, 0.25) is 5.88 Å². The number of oxime groups is 1. The van der Waals surface area contributed by atoms with Crippen LogP contribution in [0.5, 0.6) is 11.6 Å². The number of nitrogens with two attached hydrogens (primary N) is 1. The van der Waals surface area contributed by atoms with E-state index in [1.54, 1.807) is 18.3 Å². The molecule has 0 atom stereocenters. The summed E-state index contributed by atoms with van der Waals surface area (Å²) in [5.41, 5.74) is 5.64. The van der Waals surface area contributed by atoms with Gasteiger partial charge in [0.15, 0.2) is 11.7 Å². The molecular weight excluding hydrogens is 280 g/mol. The lowest BCUT2D eigenvalue weighted by molar-refractivity contribution is 0.317. The van der Waals surface area contributed by atoms with Crippen molar-refractivity contribution >= 4 is 17.2 Å². The van der Waals surface area contributed by atoms with Crippen LogP contribution < -0.4 is 15.2 Å². The average molecular weight is 294 g/mol. The molecule has 0 spiro atoms. The summed E-state index contributed by atoms with van der Waals surface area (Å²) in [4.78, 5) is 9.70. The third kappa shape index (κ3) is 2.80. The monoisotopic (exact) mass is 294 g/mol. The molecule has 0 aliphatic rings. The predicted octanol–water partition coefficient (Wildman–Crippen LogP) is 1.71. The molecule has 0 bridgehead atoms. The number of hydrogen-bond donors (Lipinski definition) is 2. The Kier molecular flexibility index (Phi) is 4.36. The van der Waals surface area contributed by atoms with Gasteiger partial charge in [-0.2, -0.15) is 4.98 Å². The summed E-state index contributed by atoms with van der Waals surface area (Å²) < 4.78 is 10.5. The standard InChI is InChI=1S/C12H14N4O3S/c1-3-19-7-6-8(20-10(7)11(13)16-17)12-14-5-4-9(15-12)18-2/h4-6,17H,3H2,1-2H3,(H2,13,16). The number of hydrogen-bond acceptors (Lipinski definition) is 7. The Hall–Kier alpha value is -2.35. The number of ether oxygens (including phenoxy) is 2. The summed E-state index contributed by atoms with van der Waals surface area (Å²) in [6, 6.07) is 3.42. The Morgan fingerprint density at radius 3 is 3.00 bits per heavy atom. The van der Waals surface area contributed by atoms with Crippen molar-refractivity contribution in [3.8, 4) is 22.3 Å². The van der Waals surface area contributed by atoms with Crippen molar-refractivity contribution in [1.29, 1.82) is 0 Å². The highest BCUT2D eigenvalue weighted by molar-refractivity contribution is 7.17. The lowest BCUT2D eigenvalue weighted by Crippen LogP contribution is -2.12. The van der Waals surface area contributed by atoms with Crippen LogP contribution in [0.1, 0.15) is 11.8 Å². The Balaban J connectivity index is 2.46. The van der Waals surface area contributed by atoms with Gasteiger partial charge in [-0.1, -0.05) is 5.16 Å². The van der Waals surface area contributed by atoms with E-state index in [2.05, 4.69) is 15.1 Å². The van der Waals surface area contributed by atoms with Crippen LogP contribution in [0.25, 0.3) is 10.7 Å². The van der Waals surface area contributed by atoms with E-state index in [9.17, 15) is 0 Å². The number of thiophene rings is 1. The van der Waals surface area contributed by atoms with E-state index in [1.807, 2.05) is 6.92 Å². The van der Waals surface area contributed by atoms with Crippen molar-refractivity contribution in [3.63, 3.8) is 0 Å². The minimum atomic E-state index is -0.00686. The Morgan fingerprint density at radius 2 is 2.35 bits per heavy atom. The molecule has 0 aromatic carbocycles. The second-order valence-electron chi connectivity index (χ2n) is 3.64. The molecular formula is C12H14N4O3S. The summed E-state index contributed by atoms with van der Waals surface area (Å²) in [5.74, 6) is 1.49. The molecule has 0 fully saturated rings. The average Bonchev–Trinajstić information content (AvgIpc) is 2.91. The molecule has 0 aliphatic carbocycles. The highest BCUT2D eigenvalue weighted by Crippen LogP contribution is 2.35. The van der Waals surface area contributed by atoms with E-state index in [0.717, 1.165) is 4.88 Å². The van der Waals surface area contributed by atoms with Crippen LogP contribution in [-0.2, 0) is 0 Å². The molecule has 2 heterocycles. The molecule has 106 valence electrons. The molecule has 2 rings (SSSR count). The summed E-state index contributed by atoms with van der Waals surface area (Å²) in [7, 11) is 1.54. The van der Waals surface area contributed by atoms with Crippen molar-refractivity contribution < 1.29 is 14.7 Å². The third-order valence-electron chi connectivity index (χ3n) is 2.40. The zero-order chi connectivity index (χ0) is 14.5. The maximum Gasteiger partial charge on any atom is 0.216 e. The zero-order valence-electron chi connectivity index (χ0n) is 11.0. The van der Waals surface area contributed by atoms with Crippen molar-refractivity contribution in [2.24, 2.45) is 10.9 Å². The largest absolute Gasteiger partial charge is 0.492 e. The molecule has 8 heteroatoms.